The average molecular weight is 419 g/mol. The molecule has 0 spiro atoms. The van der Waals surface area contributed by atoms with E-state index in [2.05, 4.69) is 40.8 Å². The molecule has 0 saturated carbocycles. The highest BCUT2D eigenvalue weighted by Crippen LogP contribution is 2.28. The standard InChI is InChI=1S/C19H17N9O3/c1-11(12-6-8-21-9-7-12)22-24-19(29)15-16(13-4-3-5-14(10-13)30-2)28(27-23-15)18-17(20)25-31-26-18/h3-10H,1-2H3,(H2,20,25)(H,24,29)/b22-11+. The van der Waals surface area contributed by atoms with Gasteiger partial charge in [0.25, 0.3) is 5.91 Å². The second-order valence-corrected chi connectivity index (χ2v) is 6.28. The number of nitrogen functional groups attached to an aromatic ring is 1. The average Bonchev–Trinajstić information content (AvgIpc) is 3.43. The number of nitrogens with two attached hydrogens (primary N) is 1. The molecule has 4 aromatic rings. The smallest absolute Gasteiger partial charge is 0.294 e. The van der Waals surface area contributed by atoms with E-state index < -0.39 is 5.91 Å². The Kier molecular flexibility index (Phi) is 5.34. The van der Waals surface area contributed by atoms with Crippen LogP contribution in [0.3, 0.4) is 0 Å². The van der Waals surface area contributed by atoms with E-state index in [1.165, 1.54) is 4.68 Å². The zero-order chi connectivity index (χ0) is 21.8. The molecule has 1 aromatic carbocycles. The predicted octanol–water partition coefficient (Wildman–Crippen LogP) is 1.46. The first-order valence-corrected chi connectivity index (χ1v) is 9.02. The van der Waals surface area contributed by atoms with Gasteiger partial charge in [-0.2, -0.15) is 9.78 Å². The monoisotopic (exact) mass is 419 g/mol. The van der Waals surface area contributed by atoms with Gasteiger partial charge in [-0.05, 0) is 41.5 Å². The normalized spacial score (nSPS) is 11.4. The van der Waals surface area contributed by atoms with Gasteiger partial charge in [0.05, 0.1) is 12.8 Å². The Balaban J connectivity index is 1.74. The van der Waals surface area contributed by atoms with Crippen LogP contribution in [-0.2, 0) is 0 Å². The van der Waals surface area contributed by atoms with Crippen LogP contribution < -0.4 is 15.9 Å². The van der Waals surface area contributed by atoms with E-state index in [-0.39, 0.29) is 17.3 Å². The molecule has 0 unspecified atom stereocenters. The summed E-state index contributed by atoms with van der Waals surface area (Å²) in [7, 11) is 1.54. The van der Waals surface area contributed by atoms with Crippen molar-refractivity contribution in [2.75, 3.05) is 12.8 Å². The molecule has 0 atom stereocenters. The third-order valence-corrected chi connectivity index (χ3v) is 4.35. The second kappa shape index (κ2) is 8.41. The van der Waals surface area contributed by atoms with Crippen molar-refractivity contribution in [2.24, 2.45) is 5.10 Å². The fourth-order valence-corrected chi connectivity index (χ4v) is 2.80. The minimum absolute atomic E-state index is 0.00179. The highest BCUT2D eigenvalue weighted by molar-refractivity contribution is 6.02. The molecule has 3 aromatic heterocycles. The van der Waals surface area contributed by atoms with Crippen molar-refractivity contribution in [3.63, 3.8) is 0 Å². The van der Waals surface area contributed by atoms with E-state index in [4.69, 9.17) is 10.5 Å². The molecule has 1 amide bonds. The lowest BCUT2D eigenvalue weighted by Gasteiger charge is -2.08. The lowest BCUT2D eigenvalue weighted by molar-refractivity contribution is 0.0950. The van der Waals surface area contributed by atoms with Gasteiger partial charge < -0.3 is 10.5 Å². The minimum Gasteiger partial charge on any atom is -0.497 e. The van der Waals surface area contributed by atoms with Crippen molar-refractivity contribution in [2.45, 2.75) is 6.92 Å². The molecule has 0 aliphatic heterocycles. The summed E-state index contributed by atoms with van der Waals surface area (Å²) >= 11 is 0. The van der Waals surface area contributed by atoms with E-state index in [9.17, 15) is 4.79 Å². The number of ether oxygens (including phenoxy) is 1. The Bertz CT molecular complexity index is 1250. The molecule has 12 heteroatoms. The van der Waals surface area contributed by atoms with Gasteiger partial charge in [-0.15, -0.1) is 5.10 Å². The molecule has 0 fully saturated rings. The largest absolute Gasteiger partial charge is 0.497 e. The van der Waals surface area contributed by atoms with Gasteiger partial charge in [-0.3, -0.25) is 9.78 Å². The highest BCUT2D eigenvalue weighted by Gasteiger charge is 2.25. The number of carbonyl (C=O) groups excluding carboxylic acids is 1. The second-order valence-electron chi connectivity index (χ2n) is 6.28. The van der Waals surface area contributed by atoms with Gasteiger partial charge in [0.1, 0.15) is 11.4 Å². The fourth-order valence-electron chi connectivity index (χ4n) is 2.80. The van der Waals surface area contributed by atoms with Gasteiger partial charge in [-0.25, -0.2) is 10.1 Å². The molecule has 0 aliphatic rings. The number of pyridine rings is 1. The molecule has 0 radical (unpaired) electrons. The maximum atomic E-state index is 12.9. The van der Waals surface area contributed by atoms with E-state index >= 15 is 0 Å². The number of benzene rings is 1. The van der Waals surface area contributed by atoms with Crippen molar-refractivity contribution in [3.8, 4) is 22.8 Å². The number of methoxy groups -OCH3 is 1. The molecular formula is C19H17N9O3. The summed E-state index contributed by atoms with van der Waals surface area (Å²) in [5.41, 5.74) is 10.6. The SMILES string of the molecule is COc1cccc(-c2c(C(=O)N/N=C(\C)c3ccncc3)nnn2-c2nonc2N)c1. The molecule has 3 N–H and O–H groups in total. The Labute approximate surface area is 175 Å². The van der Waals surface area contributed by atoms with E-state index in [0.29, 0.717) is 22.7 Å². The first-order chi connectivity index (χ1) is 15.1. The summed E-state index contributed by atoms with van der Waals surface area (Å²) in [4.78, 5) is 16.9. The van der Waals surface area contributed by atoms with Crippen LogP contribution in [0.5, 0.6) is 5.75 Å². The molecule has 31 heavy (non-hydrogen) atoms. The Morgan fingerprint density at radius 3 is 2.74 bits per heavy atom. The van der Waals surface area contributed by atoms with Crippen molar-refractivity contribution < 1.29 is 14.2 Å². The number of amides is 1. The Hall–Kier alpha value is -4.61. The first-order valence-electron chi connectivity index (χ1n) is 9.02. The maximum Gasteiger partial charge on any atom is 0.294 e. The van der Waals surface area contributed by atoms with Crippen LogP contribution in [0.25, 0.3) is 17.1 Å². The van der Waals surface area contributed by atoms with E-state index in [1.54, 1.807) is 62.8 Å². The summed E-state index contributed by atoms with van der Waals surface area (Å²) < 4.78 is 11.2. The number of hydrogen-bond acceptors (Lipinski definition) is 10. The molecule has 3 heterocycles. The number of nitrogens with zero attached hydrogens (tertiary/aromatic N) is 7. The van der Waals surface area contributed by atoms with Crippen LogP contribution >= 0.6 is 0 Å². The topological polar surface area (TPSA) is 159 Å². The van der Waals surface area contributed by atoms with Gasteiger partial charge in [0.15, 0.2) is 5.69 Å². The third-order valence-electron chi connectivity index (χ3n) is 4.35. The minimum atomic E-state index is -0.576. The predicted molar refractivity (Wildman–Crippen MR) is 110 cm³/mol. The van der Waals surface area contributed by atoms with E-state index in [0.717, 1.165) is 5.56 Å². The Morgan fingerprint density at radius 2 is 2.03 bits per heavy atom. The van der Waals surface area contributed by atoms with Crippen molar-refractivity contribution >= 4 is 17.4 Å². The fraction of sp³-hybridized carbons (Fsp3) is 0.105. The lowest BCUT2D eigenvalue weighted by atomic mass is 10.1. The highest BCUT2D eigenvalue weighted by atomic mass is 16.6. The van der Waals surface area contributed by atoms with Crippen LogP contribution in [0.4, 0.5) is 5.82 Å². The molecule has 156 valence electrons. The molecule has 4 rings (SSSR count). The zero-order valence-corrected chi connectivity index (χ0v) is 16.6. The quantitative estimate of drug-likeness (QED) is 0.348. The van der Waals surface area contributed by atoms with Crippen molar-refractivity contribution in [3.05, 3.63) is 60.0 Å². The summed E-state index contributed by atoms with van der Waals surface area (Å²) in [5, 5.41) is 19.5. The van der Waals surface area contributed by atoms with Crippen molar-refractivity contribution in [1.82, 2.24) is 35.7 Å². The van der Waals surface area contributed by atoms with Crippen LogP contribution in [0, 0.1) is 0 Å². The summed E-state index contributed by atoms with van der Waals surface area (Å²) in [6.45, 7) is 1.76. The Morgan fingerprint density at radius 1 is 1.23 bits per heavy atom. The van der Waals surface area contributed by atoms with Gasteiger partial charge in [-0.1, -0.05) is 17.3 Å². The van der Waals surface area contributed by atoms with Gasteiger partial charge in [0, 0.05) is 23.5 Å². The van der Waals surface area contributed by atoms with Crippen LogP contribution in [0.15, 0.2) is 58.5 Å². The van der Waals surface area contributed by atoms with Crippen molar-refractivity contribution in [1.29, 1.82) is 0 Å². The molecule has 12 nitrogen and oxygen atoms in total. The maximum absolute atomic E-state index is 12.9. The molecule has 0 bridgehead atoms. The van der Waals surface area contributed by atoms with Gasteiger partial charge in [0.2, 0.25) is 11.6 Å². The van der Waals surface area contributed by atoms with E-state index in [1.807, 2.05) is 0 Å². The summed E-state index contributed by atoms with van der Waals surface area (Å²) in [6.07, 6.45) is 3.28. The number of rotatable bonds is 6. The first kappa shape index (κ1) is 19.7. The molecular weight excluding hydrogens is 402 g/mol. The number of hydrogen-bond donors (Lipinski definition) is 2. The zero-order valence-electron chi connectivity index (χ0n) is 16.6. The van der Waals surface area contributed by atoms with Crippen LogP contribution in [-0.4, -0.2) is 49.0 Å². The van der Waals surface area contributed by atoms with Crippen LogP contribution in [0.2, 0.25) is 0 Å². The number of carbonyl (C=O) groups is 1. The number of anilines is 1. The lowest BCUT2D eigenvalue weighted by Crippen LogP contribution is -2.21. The molecule has 0 aliphatic carbocycles. The number of nitrogens with one attached hydrogen (secondary N) is 1. The van der Waals surface area contributed by atoms with Gasteiger partial charge >= 0.3 is 0 Å². The number of aromatic nitrogens is 6. The third kappa shape index (κ3) is 3.94. The summed E-state index contributed by atoms with van der Waals surface area (Å²) in [5.74, 6) is 0.0929. The summed E-state index contributed by atoms with van der Waals surface area (Å²) in [6, 6.07) is 10.6. The number of hydrazone groups is 1. The molecule has 0 saturated heterocycles. The van der Waals surface area contributed by atoms with Crippen LogP contribution in [0.1, 0.15) is 23.0 Å².